The summed E-state index contributed by atoms with van der Waals surface area (Å²) >= 11 is 3.40. The molecule has 1 atom stereocenters. The highest BCUT2D eigenvalue weighted by molar-refractivity contribution is 9.10. The number of ether oxygens (including phenoxy) is 1. The van der Waals surface area contributed by atoms with Crippen LogP contribution < -0.4 is 5.43 Å². The number of carbonyl (C=O) groups is 1. The largest absolute Gasteiger partial charge is 0.508 e. The molecule has 0 saturated carbocycles. The number of phenols is 1. The van der Waals surface area contributed by atoms with Gasteiger partial charge in [0.15, 0.2) is 5.43 Å². The molecule has 0 spiro atoms. The highest BCUT2D eigenvalue weighted by Gasteiger charge is 2.42. The van der Waals surface area contributed by atoms with Crippen LogP contribution in [0.1, 0.15) is 27.7 Å². The first-order valence-corrected chi connectivity index (χ1v) is 11.0. The monoisotopic (exact) mass is 484 g/mol. The molecule has 1 amide bonds. The number of morpholine rings is 1. The molecule has 0 aliphatic carbocycles. The summed E-state index contributed by atoms with van der Waals surface area (Å²) in [5, 5.41) is 10.5. The van der Waals surface area contributed by atoms with E-state index in [9.17, 15) is 14.7 Å². The Labute approximate surface area is 187 Å². The minimum atomic E-state index is -0.615. The third kappa shape index (κ3) is 3.64. The Morgan fingerprint density at radius 2 is 1.87 bits per heavy atom. The molecule has 1 saturated heterocycles. The number of carbonyl (C=O) groups excluding carboxylic acids is 1. The number of amides is 1. The Balaban J connectivity index is 1.61. The maximum absolute atomic E-state index is 13.5. The van der Waals surface area contributed by atoms with Crippen molar-refractivity contribution in [1.82, 2.24) is 9.80 Å². The third-order valence-corrected chi connectivity index (χ3v) is 6.37. The molecule has 1 N–H and O–H groups in total. The highest BCUT2D eigenvalue weighted by Crippen LogP contribution is 2.39. The standard InChI is InChI=1S/C23H21BrN2O5/c24-15-4-5-18-17(13-15)21(28)19-20(14-2-1-3-16(27)12-14)26(23(29)22(19)31-18)7-6-25-8-10-30-11-9-25/h1-5,12-13,20,27H,6-11H2. The Bertz CT molecular complexity index is 1220. The van der Waals surface area contributed by atoms with Gasteiger partial charge < -0.3 is 19.2 Å². The molecule has 2 aliphatic heterocycles. The van der Waals surface area contributed by atoms with E-state index >= 15 is 0 Å². The summed E-state index contributed by atoms with van der Waals surface area (Å²) in [5.74, 6) is -0.145. The molecule has 8 heteroatoms. The van der Waals surface area contributed by atoms with Crippen LogP contribution in [0.25, 0.3) is 11.0 Å². The van der Waals surface area contributed by atoms with Crippen molar-refractivity contribution in [2.45, 2.75) is 6.04 Å². The quantitative estimate of drug-likeness (QED) is 0.612. The Kier molecular flexibility index (Phi) is 5.29. The number of rotatable bonds is 4. The van der Waals surface area contributed by atoms with Crippen molar-refractivity contribution in [2.24, 2.45) is 0 Å². The SMILES string of the molecule is O=C1c2oc3ccc(Br)cc3c(=O)c2C(c2cccc(O)c2)N1CCN1CCOCC1. The zero-order chi connectivity index (χ0) is 21.5. The van der Waals surface area contributed by atoms with E-state index in [4.69, 9.17) is 9.15 Å². The fourth-order valence-electron chi connectivity index (χ4n) is 4.34. The predicted octanol–water partition coefficient (Wildman–Crippen LogP) is 3.14. The Morgan fingerprint density at radius 1 is 1.06 bits per heavy atom. The van der Waals surface area contributed by atoms with Crippen LogP contribution in [0.15, 0.2) is 56.1 Å². The van der Waals surface area contributed by atoms with E-state index in [1.165, 1.54) is 0 Å². The molecule has 3 aromatic rings. The second kappa shape index (κ2) is 8.11. The second-order valence-electron chi connectivity index (χ2n) is 7.76. The van der Waals surface area contributed by atoms with Gasteiger partial charge in [-0.1, -0.05) is 28.1 Å². The molecule has 160 valence electrons. The molecular formula is C23H21BrN2O5. The molecule has 7 nitrogen and oxygen atoms in total. The third-order valence-electron chi connectivity index (χ3n) is 5.87. The minimum Gasteiger partial charge on any atom is -0.508 e. The van der Waals surface area contributed by atoms with Crippen molar-refractivity contribution in [3.63, 3.8) is 0 Å². The Hall–Kier alpha value is -2.68. The molecule has 1 aromatic heterocycles. The number of hydrogen-bond donors (Lipinski definition) is 1. The molecule has 1 unspecified atom stereocenters. The topological polar surface area (TPSA) is 83.2 Å². The van der Waals surface area contributed by atoms with Crippen LogP contribution in [0, 0.1) is 0 Å². The lowest BCUT2D eigenvalue weighted by atomic mass is 9.98. The molecule has 5 rings (SSSR count). The number of halogens is 1. The fourth-order valence-corrected chi connectivity index (χ4v) is 4.70. The summed E-state index contributed by atoms with van der Waals surface area (Å²) in [6.07, 6.45) is 0. The summed E-state index contributed by atoms with van der Waals surface area (Å²) in [5.41, 5.74) is 1.15. The number of nitrogens with zero attached hydrogens (tertiary/aromatic N) is 2. The van der Waals surface area contributed by atoms with Gasteiger partial charge in [-0.2, -0.15) is 0 Å². The second-order valence-corrected chi connectivity index (χ2v) is 8.68. The first-order chi connectivity index (χ1) is 15.0. The van der Waals surface area contributed by atoms with Gasteiger partial charge in [-0.25, -0.2) is 0 Å². The number of phenolic OH excluding ortho intramolecular Hbond substituents is 1. The Morgan fingerprint density at radius 3 is 2.65 bits per heavy atom. The van der Waals surface area contributed by atoms with Crippen molar-refractivity contribution in [2.75, 3.05) is 39.4 Å². The fraction of sp³-hybridized carbons (Fsp3) is 0.304. The van der Waals surface area contributed by atoms with Crippen LogP contribution in [-0.4, -0.2) is 60.2 Å². The smallest absolute Gasteiger partial charge is 0.290 e. The lowest BCUT2D eigenvalue weighted by Gasteiger charge is -2.31. The van der Waals surface area contributed by atoms with Crippen LogP contribution in [-0.2, 0) is 4.74 Å². The van der Waals surface area contributed by atoms with Gasteiger partial charge >= 0.3 is 0 Å². The van der Waals surface area contributed by atoms with E-state index in [0.717, 1.165) is 17.6 Å². The summed E-state index contributed by atoms with van der Waals surface area (Å²) in [7, 11) is 0. The molecular weight excluding hydrogens is 464 g/mol. The van der Waals surface area contributed by atoms with Crippen LogP contribution in [0.2, 0.25) is 0 Å². The first kappa shape index (κ1) is 20.2. The van der Waals surface area contributed by atoms with Crippen molar-refractivity contribution in [1.29, 1.82) is 0 Å². The van der Waals surface area contributed by atoms with Crippen molar-refractivity contribution in [3.8, 4) is 5.75 Å². The van der Waals surface area contributed by atoms with Gasteiger partial charge in [-0.3, -0.25) is 14.5 Å². The van der Waals surface area contributed by atoms with Crippen molar-refractivity contribution >= 4 is 32.8 Å². The van der Waals surface area contributed by atoms with Crippen LogP contribution in [0.3, 0.4) is 0 Å². The van der Waals surface area contributed by atoms with Crippen LogP contribution >= 0.6 is 15.9 Å². The lowest BCUT2D eigenvalue weighted by molar-refractivity contribution is 0.0314. The van der Waals surface area contributed by atoms with E-state index in [-0.39, 0.29) is 22.8 Å². The van der Waals surface area contributed by atoms with Crippen molar-refractivity contribution < 1.29 is 19.1 Å². The van der Waals surface area contributed by atoms with Gasteiger partial charge in [0.2, 0.25) is 5.76 Å². The zero-order valence-corrected chi connectivity index (χ0v) is 18.3. The van der Waals surface area contributed by atoms with Crippen LogP contribution in [0.5, 0.6) is 5.75 Å². The van der Waals surface area contributed by atoms with E-state index in [0.29, 0.717) is 48.4 Å². The number of aromatic hydroxyl groups is 1. The van der Waals surface area contributed by atoms with E-state index < -0.39 is 6.04 Å². The average molecular weight is 485 g/mol. The summed E-state index contributed by atoms with van der Waals surface area (Å²) in [6.45, 7) is 4.05. The number of benzene rings is 2. The minimum absolute atomic E-state index is 0.0788. The summed E-state index contributed by atoms with van der Waals surface area (Å²) in [4.78, 5) is 30.8. The number of fused-ring (bicyclic) bond motifs is 2. The molecule has 2 aromatic carbocycles. The van der Waals surface area contributed by atoms with Crippen LogP contribution in [0.4, 0.5) is 0 Å². The summed E-state index contributed by atoms with van der Waals surface area (Å²) in [6, 6.07) is 11.3. The van der Waals surface area contributed by atoms with E-state index in [2.05, 4.69) is 20.8 Å². The normalized spacial score (nSPS) is 19.2. The number of hydrogen-bond acceptors (Lipinski definition) is 6. The van der Waals surface area contributed by atoms with Gasteiger partial charge in [0.25, 0.3) is 5.91 Å². The van der Waals surface area contributed by atoms with Gasteiger partial charge in [0.05, 0.1) is 30.2 Å². The van der Waals surface area contributed by atoms with Gasteiger partial charge in [-0.15, -0.1) is 0 Å². The first-order valence-electron chi connectivity index (χ1n) is 10.2. The van der Waals surface area contributed by atoms with E-state index in [1.54, 1.807) is 41.3 Å². The van der Waals surface area contributed by atoms with Gasteiger partial charge in [-0.05, 0) is 35.9 Å². The molecule has 31 heavy (non-hydrogen) atoms. The van der Waals surface area contributed by atoms with Crippen molar-refractivity contribution in [3.05, 3.63) is 74.0 Å². The van der Waals surface area contributed by atoms with Gasteiger partial charge in [0.1, 0.15) is 11.3 Å². The molecule has 1 fully saturated rings. The lowest BCUT2D eigenvalue weighted by Crippen LogP contribution is -2.42. The molecule has 2 aliphatic rings. The maximum atomic E-state index is 13.5. The highest BCUT2D eigenvalue weighted by atomic mass is 79.9. The zero-order valence-electron chi connectivity index (χ0n) is 16.7. The average Bonchev–Trinajstić information content (AvgIpc) is 3.05. The predicted molar refractivity (Wildman–Crippen MR) is 118 cm³/mol. The summed E-state index contributed by atoms with van der Waals surface area (Å²) < 4.78 is 12.1. The van der Waals surface area contributed by atoms with E-state index in [1.807, 2.05) is 6.07 Å². The van der Waals surface area contributed by atoms with Gasteiger partial charge in [0, 0.05) is 30.7 Å². The molecule has 3 heterocycles. The molecule has 0 bridgehead atoms. The molecule has 0 radical (unpaired) electrons. The maximum Gasteiger partial charge on any atom is 0.290 e.